The van der Waals surface area contributed by atoms with E-state index in [1.807, 2.05) is 38.1 Å². The summed E-state index contributed by atoms with van der Waals surface area (Å²) in [6.45, 7) is 6.03. The van der Waals surface area contributed by atoms with Crippen LogP contribution in [0.4, 0.5) is 17.1 Å². The first-order valence-electron chi connectivity index (χ1n) is 10.2. The van der Waals surface area contributed by atoms with E-state index >= 15 is 0 Å². The van der Waals surface area contributed by atoms with Crippen LogP contribution in [-0.2, 0) is 19.1 Å². The third-order valence-electron chi connectivity index (χ3n) is 4.40. The Hall–Kier alpha value is -4.19. The number of amides is 3. The Morgan fingerprint density at radius 2 is 1.45 bits per heavy atom. The number of esters is 1. The number of rotatable bonds is 8. The van der Waals surface area contributed by atoms with E-state index < -0.39 is 18.5 Å². The van der Waals surface area contributed by atoms with Crippen molar-refractivity contribution in [2.24, 2.45) is 0 Å². The lowest BCUT2D eigenvalue weighted by Crippen LogP contribution is -2.35. The van der Waals surface area contributed by atoms with Crippen LogP contribution in [0.25, 0.3) is 0 Å². The highest BCUT2D eigenvalue weighted by molar-refractivity contribution is 6.00. The summed E-state index contributed by atoms with van der Waals surface area (Å²) in [4.78, 5) is 49.7. The number of aryl methyl sites for hydroxylation is 2. The average Bonchev–Trinajstić information content (AvgIpc) is 2.70. The molecule has 0 aliphatic heterocycles. The minimum absolute atomic E-state index is 0.0489. The van der Waals surface area contributed by atoms with Gasteiger partial charge in [0.05, 0.1) is 18.1 Å². The Kier molecular flexibility index (Phi) is 8.69. The molecule has 0 saturated carbocycles. The van der Waals surface area contributed by atoms with E-state index in [9.17, 15) is 19.2 Å². The van der Waals surface area contributed by atoms with Gasteiger partial charge in [-0.05, 0) is 55.3 Å². The topological polar surface area (TPSA) is 129 Å². The first kappa shape index (κ1) is 25.1. The van der Waals surface area contributed by atoms with Crippen LogP contribution in [0, 0.1) is 25.2 Å². The van der Waals surface area contributed by atoms with E-state index in [1.165, 1.54) is 36.9 Å². The molecule has 2 aromatic carbocycles. The molecule has 0 aliphatic rings. The maximum absolute atomic E-state index is 12.9. The predicted molar refractivity (Wildman–Crippen MR) is 124 cm³/mol. The number of hydrogen-bond donors (Lipinski definition) is 2. The van der Waals surface area contributed by atoms with Gasteiger partial charge in [-0.25, -0.2) is 4.79 Å². The molecule has 9 heteroatoms. The van der Waals surface area contributed by atoms with Crippen molar-refractivity contribution in [3.05, 3.63) is 53.1 Å². The molecule has 0 spiro atoms. The van der Waals surface area contributed by atoms with Gasteiger partial charge in [-0.2, -0.15) is 5.26 Å². The number of nitrogens with zero attached hydrogens (tertiary/aromatic N) is 2. The fourth-order valence-corrected chi connectivity index (χ4v) is 3.25. The van der Waals surface area contributed by atoms with Crippen molar-refractivity contribution in [3.63, 3.8) is 0 Å². The lowest BCUT2D eigenvalue weighted by molar-refractivity contribution is -0.121. The SMILES string of the molecule is CC(=O)Nc1cc(NC(C)=O)cc(C(=O)OCC(=O)N(CCC#N)c2cc(C)cc(C)c2)c1. The van der Waals surface area contributed by atoms with Gasteiger partial charge in [-0.3, -0.25) is 14.4 Å². The van der Waals surface area contributed by atoms with Crippen molar-refractivity contribution >= 4 is 40.8 Å². The second-order valence-corrected chi connectivity index (χ2v) is 7.54. The molecule has 0 aliphatic carbocycles. The summed E-state index contributed by atoms with van der Waals surface area (Å²) >= 11 is 0. The Labute approximate surface area is 192 Å². The number of nitrogens with one attached hydrogen (secondary N) is 2. The monoisotopic (exact) mass is 450 g/mol. The Balaban J connectivity index is 2.21. The maximum Gasteiger partial charge on any atom is 0.338 e. The van der Waals surface area contributed by atoms with E-state index in [-0.39, 0.29) is 41.7 Å². The first-order valence-corrected chi connectivity index (χ1v) is 10.2. The van der Waals surface area contributed by atoms with Gasteiger partial charge in [0.25, 0.3) is 5.91 Å². The number of anilines is 3. The van der Waals surface area contributed by atoms with Gasteiger partial charge in [0.2, 0.25) is 11.8 Å². The number of carbonyl (C=O) groups excluding carboxylic acids is 4. The summed E-state index contributed by atoms with van der Waals surface area (Å²) in [5.74, 6) is -2.00. The molecule has 2 rings (SSSR count). The van der Waals surface area contributed by atoms with Gasteiger partial charge < -0.3 is 20.3 Å². The summed E-state index contributed by atoms with van der Waals surface area (Å²) < 4.78 is 5.21. The zero-order valence-corrected chi connectivity index (χ0v) is 19.0. The molecule has 33 heavy (non-hydrogen) atoms. The molecule has 0 fully saturated rings. The van der Waals surface area contributed by atoms with Gasteiger partial charge in [0.1, 0.15) is 0 Å². The summed E-state index contributed by atoms with van der Waals surface area (Å²) in [6.07, 6.45) is 0.117. The fourth-order valence-electron chi connectivity index (χ4n) is 3.25. The smallest absolute Gasteiger partial charge is 0.338 e. The number of benzene rings is 2. The molecule has 2 aromatic rings. The van der Waals surface area contributed by atoms with Crippen molar-refractivity contribution < 1.29 is 23.9 Å². The highest BCUT2D eigenvalue weighted by atomic mass is 16.5. The minimum Gasteiger partial charge on any atom is -0.452 e. The van der Waals surface area contributed by atoms with E-state index in [0.717, 1.165) is 11.1 Å². The molecular weight excluding hydrogens is 424 g/mol. The number of hydrogen-bond acceptors (Lipinski definition) is 6. The van der Waals surface area contributed by atoms with Gasteiger partial charge in [-0.1, -0.05) is 6.07 Å². The van der Waals surface area contributed by atoms with Crippen LogP contribution >= 0.6 is 0 Å². The summed E-state index contributed by atoms with van der Waals surface area (Å²) in [5, 5.41) is 14.1. The molecule has 0 radical (unpaired) electrons. The van der Waals surface area contributed by atoms with E-state index in [0.29, 0.717) is 5.69 Å². The molecular formula is C24H26N4O5. The number of ether oxygens (including phenoxy) is 1. The van der Waals surface area contributed by atoms with Crippen LogP contribution in [-0.4, -0.2) is 36.8 Å². The van der Waals surface area contributed by atoms with Crippen molar-refractivity contribution in [2.45, 2.75) is 34.1 Å². The van der Waals surface area contributed by atoms with E-state index in [4.69, 9.17) is 10.00 Å². The third kappa shape index (κ3) is 7.78. The molecule has 0 aromatic heterocycles. The van der Waals surface area contributed by atoms with Crippen LogP contribution in [0.3, 0.4) is 0 Å². The zero-order valence-electron chi connectivity index (χ0n) is 19.0. The highest BCUT2D eigenvalue weighted by Crippen LogP contribution is 2.22. The van der Waals surface area contributed by atoms with Crippen molar-refractivity contribution in [2.75, 3.05) is 28.7 Å². The average molecular weight is 450 g/mol. The Morgan fingerprint density at radius 1 is 0.909 bits per heavy atom. The van der Waals surface area contributed by atoms with E-state index in [1.54, 1.807) is 0 Å². The van der Waals surface area contributed by atoms with Crippen LogP contribution in [0.5, 0.6) is 0 Å². The van der Waals surface area contributed by atoms with Crippen molar-refractivity contribution in [1.29, 1.82) is 5.26 Å². The molecule has 172 valence electrons. The second kappa shape index (κ2) is 11.4. The van der Waals surface area contributed by atoms with Crippen molar-refractivity contribution in [1.82, 2.24) is 0 Å². The molecule has 0 bridgehead atoms. The summed E-state index contributed by atoms with van der Waals surface area (Å²) in [5.41, 5.74) is 3.15. The first-order chi connectivity index (χ1) is 15.6. The Bertz CT molecular complexity index is 1070. The minimum atomic E-state index is -0.803. The van der Waals surface area contributed by atoms with Crippen LogP contribution in [0.15, 0.2) is 36.4 Å². The Morgan fingerprint density at radius 3 is 1.94 bits per heavy atom. The van der Waals surface area contributed by atoms with Gasteiger partial charge >= 0.3 is 5.97 Å². The zero-order chi connectivity index (χ0) is 24.5. The van der Waals surface area contributed by atoms with Gasteiger partial charge in [0, 0.05) is 37.5 Å². The summed E-state index contributed by atoms with van der Waals surface area (Å²) in [6, 6.07) is 11.9. The molecule has 3 amide bonds. The molecule has 2 N–H and O–H groups in total. The third-order valence-corrected chi connectivity index (χ3v) is 4.40. The highest BCUT2D eigenvalue weighted by Gasteiger charge is 2.19. The number of carbonyl (C=O) groups is 4. The summed E-state index contributed by atoms with van der Waals surface area (Å²) in [7, 11) is 0. The quantitative estimate of drug-likeness (QED) is 0.594. The largest absolute Gasteiger partial charge is 0.452 e. The van der Waals surface area contributed by atoms with Crippen LogP contribution in [0.2, 0.25) is 0 Å². The normalized spacial score (nSPS) is 10.0. The van der Waals surface area contributed by atoms with Crippen molar-refractivity contribution in [3.8, 4) is 6.07 Å². The molecule has 0 unspecified atom stereocenters. The molecule has 0 saturated heterocycles. The molecule has 0 heterocycles. The standard InChI is InChI=1S/C24H26N4O5/c1-15-8-16(2)10-22(9-15)28(7-5-6-25)23(31)14-33-24(32)19-11-20(26-17(3)29)13-21(12-19)27-18(4)30/h8-13H,5,7,14H2,1-4H3,(H,26,29)(H,27,30). The lowest BCUT2D eigenvalue weighted by atomic mass is 10.1. The fraction of sp³-hybridized carbons (Fsp3) is 0.292. The van der Waals surface area contributed by atoms with E-state index in [2.05, 4.69) is 10.6 Å². The molecule has 9 nitrogen and oxygen atoms in total. The molecule has 0 atom stereocenters. The van der Waals surface area contributed by atoms with Crippen LogP contribution in [0.1, 0.15) is 41.8 Å². The number of nitriles is 1. The van der Waals surface area contributed by atoms with Gasteiger partial charge in [0.15, 0.2) is 6.61 Å². The lowest BCUT2D eigenvalue weighted by Gasteiger charge is -2.22. The van der Waals surface area contributed by atoms with Crippen LogP contribution < -0.4 is 15.5 Å². The predicted octanol–water partition coefficient (Wildman–Crippen LogP) is 3.32. The maximum atomic E-state index is 12.9. The second-order valence-electron chi connectivity index (χ2n) is 7.54. The van der Waals surface area contributed by atoms with Gasteiger partial charge in [-0.15, -0.1) is 0 Å².